The Hall–Kier alpha value is -0.600. The first-order valence-electron chi connectivity index (χ1n) is 9.75. The molecule has 0 radical (unpaired) electrons. The quantitative estimate of drug-likeness (QED) is 0.698. The van der Waals surface area contributed by atoms with Gasteiger partial charge in [-0.15, -0.1) is 0 Å². The second-order valence-electron chi connectivity index (χ2n) is 9.15. The van der Waals surface area contributed by atoms with Gasteiger partial charge in [-0.2, -0.15) is 0 Å². The minimum absolute atomic E-state index is 0.332. The summed E-state index contributed by atoms with van der Waals surface area (Å²) in [6.45, 7) is 8.98. The van der Waals surface area contributed by atoms with Gasteiger partial charge in [-0.25, -0.2) is 0 Å². The van der Waals surface area contributed by atoms with Crippen molar-refractivity contribution in [1.82, 2.24) is 0 Å². The van der Waals surface area contributed by atoms with Crippen molar-refractivity contribution in [1.29, 1.82) is 0 Å². The molecule has 1 aliphatic heterocycles. The second kappa shape index (κ2) is 4.73. The first-order valence-corrected chi connectivity index (χ1v) is 9.75. The number of rotatable bonds is 1. The van der Waals surface area contributed by atoms with Gasteiger partial charge in [0.05, 0.1) is 12.2 Å². The number of ether oxygens (including phenoxy) is 2. The van der Waals surface area contributed by atoms with Gasteiger partial charge in [-0.1, -0.05) is 37.1 Å². The van der Waals surface area contributed by atoms with E-state index in [0.717, 1.165) is 29.6 Å². The number of hydrogen-bond acceptors (Lipinski definition) is 2. The van der Waals surface area contributed by atoms with Crippen molar-refractivity contribution in [3.05, 3.63) is 23.3 Å². The van der Waals surface area contributed by atoms with Gasteiger partial charge in [0.1, 0.15) is 0 Å². The van der Waals surface area contributed by atoms with E-state index in [2.05, 4.69) is 39.8 Å². The summed E-state index contributed by atoms with van der Waals surface area (Å²) in [5.41, 5.74) is 3.52. The van der Waals surface area contributed by atoms with Crippen molar-refractivity contribution < 1.29 is 9.47 Å². The summed E-state index contributed by atoms with van der Waals surface area (Å²) in [6.07, 6.45) is 10.9. The van der Waals surface area contributed by atoms with Crippen LogP contribution in [0.1, 0.15) is 53.4 Å². The Labute approximate surface area is 140 Å². The van der Waals surface area contributed by atoms with Crippen LogP contribution in [-0.2, 0) is 9.47 Å². The first-order chi connectivity index (χ1) is 11.0. The smallest absolute Gasteiger partial charge is 0.163 e. The molecular formula is C21H30O2. The van der Waals surface area contributed by atoms with Crippen molar-refractivity contribution >= 4 is 0 Å². The van der Waals surface area contributed by atoms with Gasteiger partial charge in [0, 0.05) is 0 Å². The monoisotopic (exact) mass is 314 g/mol. The Morgan fingerprint density at radius 2 is 1.74 bits per heavy atom. The zero-order chi connectivity index (χ0) is 15.9. The Morgan fingerprint density at radius 3 is 2.52 bits per heavy atom. The van der Waals surface area contributed by atoms with Gasteiger partial charge < -0.3 is 9.47 Å². The third-order valence-electron chi connectivity index (χ3n) is 7.59. The van der Waals surface area contributed by atoms with E-state index in [-0.39, 0.29) is 5.79 Å². The molecule has 2 heteroatoms. The van der Waals surface area contributed by atoms with E-state index in [4.69, 9.17) is 9.47 Å². The minimum atomic E-state index is -0.374. The molecule has 5 aliphatic rings. The maximum Gasteiger partial charge on any atom is 0.163 e. The average Bonchev–Trinajstić information content (AvgIpc) is 3.15. The molecule has 4 aliphatic carbocycles. The molecule has 8 atom stereocenters. The normalized spacial score (nSPS) is 52.5. The van der Waals surface area contributed by atoms with Crippen molar-refractivity contribution in [3.63, 3.8) is 0 Å². The standard InChI is InChI=1S/C21H30O2/c1-5-12-11(2)8-15-13(12)6-7-14-16(15)9-18-17(14)10-19-20(18)23-21(3,4)22-19/h6-7,11-12,15-20H,5,8-10H2,1-4H3/t11-,12-,15-,16-,17-,18+,19+,20-/m1/s1. The van der Waals surface area contributed by atoms with Gasteiger partial charge in [-0.3, -0.25) is 0 Å². The van der Waals surface area contributed by atoms with Gasteiger partial charge >= 0.3 is 0 Å². The van der Waals surface area contributed by atoms with Gasteiger partial charge in [0.2, 0.25) is 0 Å². The topological polar surface area (TPSA) is 18.5 Å². The van der Waals surface area contributed by atoms with Gasteiger partial charge in [0.25, 0.3) is 0 Å². The fourth-order valence-corrected chi connectivity index (χ4v) is 6.87. The van der Waals surface area contributed by atoms with Crippen molar-refractivity contribution in [2.45, 2.75) is 71.4 Å². The molecule has 0 aromatic carbocycles. The first kappa shape index (κ1) is 14.7. The molecular weight excluding hydrogens is 284 g/mol. The molecule has 126 valence electrons. The highest BCUT2D eigenvalue weighted by Crippen LogP contribution is 2.62. The molecule has 0 amide bonds. The molecule has 3 saturated carbocycles. The predicted molar refractivity (Wildman–Crippen MR) is 90.7 cm³/mol. The number of hydrogen-bond donors (Lipinski definition) is 0. The highest BCUT2D eigenvalue weighted by Gasteiger charge is 2.59. The summed E-state index contributed by atoms with van der Waals surface area (Å²) in [5, 5.41) is 0. The maximum atomic E-state index is 6.30. The third kappa shape index (κ3) is 1.94. The van der Waals surface area contributed by atoms with Crippen molar-refractivity contribution in [2.24, 2.45) is 35.5 Å². The van der Waals surface area contributed by atoms with E-state index in [1.54, 1.807) is 11.1 Å². The number of fused-ring (bicyclic) bond motifs is 7. The maximum absolute atomic E-state index is 6.30. The zero-order valence-corrected chi connectivity index (χ0v) is 14.9. The zero-order valence-electron chi connectivity index (χ0n) is 14.9. The summed E-state index contributed by atoms with van der Waals surface area (Å²) in [5.74, 6) is 4.37. The summed E-state index contributed by atoms with van der Waals surface area (Å²) in [4.78, 5) is 0. The van der Waals surface area contributed by atoms with E-state index in [0.29, 0.717) is 18.1 Å². The second-order valence-corrected chi connectivity index (χ2v) is 9.15. The van der Waals surface area contributed by atoms with Crippen LogP contribution in [0.15, 0.2) is 23.3 Å². The van der Waals surface area contributed by atoms with E-state index in [1.165, 1.54) is 25.7 Å². The lowest BCUT2D eigenvalue weighted by Crippen LogP contribution is -2.26. The Balaban J connectivity index is 1.43. The summed E-state index contributed by atoms with van der Waals surface area (Å²) < 4.78 is 12.5. The molecule has 0 bridgehead atoms. The van der Waals surface area contributed by atoms with E-state index < -0.39 is 0 Å². The molecule has 1 saturated heterocycles. The third-order valence-corrected chi connectivity index (χ3v) is 7.59. The molecule has 23 heavy (non-hydrogen) atoms. The van der Waals surface area contributed by atoms with Crippen molar-refractivity contribution in [2.75, 3.05) is 0 Å². The summed E-state index contributed by atoms with van der Waals surface area (Å²) in [6, 6.07) is 0. The minimum Gasteiger partial charge on any atom is -0.345 e. The fraction of sp³-hybridized carbons (Fsp3) is 0.810. The van der Waals surface area contributed by atoms with E-state index in [1.807, 2.05) is 0 Å². The highest BCUT2D eigenvalue weighted by molar-refractivity contribution is 5.38. The lowest BCUT2D eigenvalue weighted by Gasteiger charge is -2.29. The SMILES string of the molecule is CC[C@H]1C2=CC=C3[C@H]4C[C@@H]5OC(C)(C)O[C@@H]5[C@H]4C[C@H]3[C@@H]2C[C@H]1C. The Kier molecular flexibility index (Phi) is 3.03. The van der Waals surface area contributed by atoms with Crippen LogP contribution in [-0.4, -0.2) is 18.0 Å². The lowest BCUT2D eigenvalue weighted by atomic mass is 9.76. The lowest BCUT2D eigenvalue weighted by molar-refractivity contribution is -0.158. The van der Waals surface area contributed by atoms with Crippen LogP contribution in [0.5, 0.6) is 0 Å². The molecule has 5 rings (SSSR count). The predicted octanol–water partition coefficient (Wildman–Crippen LogP) is 4.71. The van der Waals surface area contributed by atoms with Gasteiger partial charge in [0.15, 0.2) is 5.79 Å². The van der Waals surface area contributed by atoms with Crippen LogP contribution in [0, 0.1) is 35.5 Å². The van der Waals surface area contributed by atoms with E-state index in [9.17, 15) is 0 Å². The Bertz CT molecular complexity index is 587. The molecule has 4 fully saturated rings. The molecule has 2 nitrogen and oxygen atoms in total. The largest absolute Gasteiger partial charge is 0.345 e. The van der Waals surface area contributed by atoms with Crippen LogP contribution in [0.3, 0.4) is 0 Å². The van der Waals surface area contributed by atoms with Crippen LogP contribution in [0.25, 0.3) is 0 Å². The van der Waals surface area contributed by atoms with Crippen LogP contribution in [0.2, 0.25) is 0 Å². The Morgan fingerprint density at radius 1 is 1.00 bits per heavy atom. The van der Waals surface area contributed by atoms with E-state index >= 15 is 0 Å². The van der Waals surface area contributed by atoms with Gasteiger partial charge in [-0.05, 0) is 75.0 Å². The summed E-state index contributed by atoms with van der Waals surface area (Å²) in [7, 11) is 0. The van der Waals surface area contributed by atoms with Crippen LogP contribution < -0.4 is 0 Å². The highest BCUT2D eigenvalue weighted by atomic mass is 16.8. The molecule has 0 aromatic heterocycles. The molecule has 0 N–H and O–H groups in total. The molecule has 0 aromatic rings. The molecule has 0 spiro atoms. The van der Waals surface area contributed by atoms with Crippen LogP contribution in [0.4, 0.5) is 0 Å². The number of allylic oxidation sites excluding steroid dienone is 4. The van der Waals surface area contributed by atoms with Crippen LogP contribution >= 0.6 is 0 Å². The summed E-state index contributed by atoms with van der Waals surface area (Å²) >= 11 is 0. The molecule has 1 heterocycles. The fourth-order valence-electron chi connectivity index (χ4n) is 6.87. The molecule has 0 unspecified atom stereocenters. The average molecular weight is 314 g/mol. The van der Waals surface area contributed by atoms with Crippen molar-refractivity contribution in [3.8, 4) is 0 Å².